The van der Waals surface area contributed by atoms with Crippen molar-refractivity contribution in [2.45, 2.75) is 156 Å². The second kappa shape index (κ2) is 30.7. The number of halogens is 2. The van der Waals surface area contributed by atoms with Crippen molar-refractivity contribution >= 4 is 72.1 Å². The lowest BCUT2D eigenvalue weighted by Crippen LogP contribution is -2.59. The van der Waals surface area contributed by atoms with Gasteiger partial charge in [-0.2, -0.15) is 0 Å². The van der Waals surface area contributed by atoms with Crippen molar-refractivity contribution in [3.05, 3.63) is 106 Å². The first-order valence-corrected chi connectivity index (χ1v) is 27.0. The van der Waals surface area contributed by atoms with Gasteiger partial charge in [-0.25, -0.2) is 0 Å². The third-order valence-corrected chi connectivity index (χ3v) is 14.6. The highest BCUT2D eigenvalue weighted by Gasteiger charge is 2.46. The second-order valence-electron chi connectivity index (χ2n) is 22.2. The molecule has 2 aliphatic rings. The number of likely N-dealkylation sites (N-methyl/N-ethyl adjacent to an activating group) is 2. The summed E-state index contributed by atoms with van der Waals surface area (Å²) in [6, 6.07) is 15.7. The highest BCUT2D eigenvalue weighted by Crippen LogP contribution is 2.31. The Morgan fingerprint density at radius 2 is 1.20 bits per heavy atom. The number of benzene rings is 3. The van der Waals surface area contributed by atoms with Gasteiger partial charge in [-0.05, 0) is 144 Å². The van der Waals surface area contributed by atoms with Gasteiger partial charge in [0.15, 0.2) is 0 Å². The summed E-state index contributed by atoms with van der Waals surface area (Å²) in [7, 11) is 3.31. The monoisotopic (exact) mass is 1130 g/mol. The smallest absolute Gasteiger partial charge is 0.251 e. The molecule has 9 atom stereocenters. The lowest BCUT2D eigenvalue weighted by Gasteiger charge is -2.36. The molecule has 8 amide bonds. The molecule has 1 aliphatic heterocycles. The first-order valence-electron chi connectivity index (χ1n) is 27.0. The molecule has 1 fully saturated rings. The molecule has 79 heavy (non-hydrogen) atoms. The van der Waals surface area contributed by atoms with Crippen LogP contribution in [0, 0.1) is 29.1 Å². The van der Waals surface area contributed by atoms with Crippen LogP contribution in [0.25, 0.3) is 0 Å². The Morgan fingerprint density at radius 1 is 0.646 bits per heavy atom. The molecule has 18 nitrogen and oxygen atoms in total. The molecular formula is C59H84Cl2N10O8. The topological polar surface area (TPSA) is 248 Å². The molecule has 0 aromatic heterocycles. The molecule has 0 bridgehead atoms. The van der Waals surface area contributed by atoms with Gasteiger partial charge in [-0.1, -0.05) is 84.6 Å². The van der Waals surface area contributed by atoms with Crippen LogP contribution in [0.4, 0.5) is 0 Å². The zero-order valence-electron chi connectivity index (χ0n) is 47.8. The first-order chi connectivity index (χ1) is 36.4. The predicted octanol–water partition coefficient (Wildman–Crippen LogP) is 4.48. The van der Waals surface area contributed by atoms with Crippen LogP contribution in [0.3, 0.4) is 0 Å². The van der Waals surface area contributed by atoms with Gasteiger partial charge in [0, 0.05) is 47.4 Å². The molecule has 3 aromatic rings. The molecule has 0 radical (unpaired) electrons. The lowest BCUT2D eigenvalue weighted by atomic mass is 9.85. The average Bonchev–Trinajstić information content (AvgIpc) is 3.88. The van der Waals surface area contributed by atoms with E-state index in [0.717, 1.165) is 24.8 Å². The molecule has 1 unspecified atom stereocenters. The van der Waals surface area contributed by atoms with Crippen molar-refractivity contribution in [3.8, 4) is 11.8 Å². The molecular weight excluding hydrogens is 1050 g/mol. The van der Waals surface area contributed by atoms with E-state index in [2.05, 4.69) is 65.8 Å². The molecule has 0 spiro atoms. The Kier molecular flexibility index (Phi) is 26.0. The highest BCUT2D eigenvalue weighted by molar-refractivity contribution is 5.97. The Labute approximate surface area is 479 Å². The summed E-state index contributed by atoms with van der Waals surface area (Å²) in [6.07, 6.45) is 2.86. The average molecular weight is 1130 g/mol. The van der Waals surface area contributed by atoms with E-state index in [-0.39, 0.29) is 104 Å². The Bertz CT molecular complexity index is 2650. The van der Waals surface area contributed by atoms with Crippen LogP contribution in [0.2, 0.25) is 0 Å². The summed E-state index contributed by atoms with van der Waals surface area (Å²) in [6.45, 7) is 18.5. The predicted molar refractivity (Wildman–Crippen MR) is 312 cm³/mol. The van der Waals surface area contributed by atoms with E-state index in [0.29, 0.717) is 22.3 Å². The van der Waals surface area contributed by atoms with E-state index in [4.69, 9.17) is 0 Å². The van der Waals surface area contributed by atoms with Crippen LogP contribution < -0.4 is 47.9 Å². The van der Waals surface area contributed by atoms with Crippen molar-refractivity contribution in [2.24, 2.45) is 17.3 Å². The maximum absolute atomic E-state index is 14.5. The van der Waals surface area contributed by atoms with Crippen molar-refractivity contribution in [3.63, 3.8) is 0 Å². The minimum absolute atomic E-state index is 0. The van der Waals surface area contributed by atoms with E-state index in [1.54, 1.807) is 90.3 Å². The minimum Gasteiger partial charge on any atom is -0.352 e. The van der Waals surface area contributed by atoms with E-state index >= 15 is 0 Å². The van der Waals surface area contributed by atoms with Gasteiger partial charge < -0.3 is 52.8 Å². The maximum atomic E-state index is 14.5. The normalized spacial score (nSPS) is 17.9. The third-order valence-electron chi connectivity index (χ3n) is 14.6. The van der Waals surface area contributed by atoms with Crippen LogP contribution in [0.15, 0.2) is 72.8 Å². The number of hydrogen-bond donors (Lipinski definition) is 9. The summed E-state index contributed by atoms with van der Waals surface area (Å²) >= 11 is 0. The standard InChI is InChI=1S/C59H82N10O8.2ClH/c1-34(2)36(5)63-55(74)47(66-57(76)49(35(3)4)67-51(70)37(6)60-11)30-31-62-53(72)42-26-22-39(23-27-42)20-21-40-24-28-43(29-25-40)54(73)64-44-32-48(56(75)65-46-19-15-17-41-16-13-14-18-45(41)46)69(33-44)58(77)50(59(8,9)10)68-52(71)38(7)61-12;;/h13-14,16,18,22-29,34-38,44,46-50,60-61H,15,17,19,30-33H2,1-12H3,(H,62,72)(H,63,74)(H,64,73)(H,65,75)(H,66,76)(H,67,70)(H,68,71);2*1H/t36?,37-,38-,44-,46+,47-,48-,49-,50+;;/m0../s1. The first kappa shape index (κ1) is 66.8. The maximum Gasteiger partial charge on any atom is 0.251 e. The largest absolute Gasteiger partial charge is 0.352 e. The van der Waals surface area contributed by atoms with E-state index in [1.807, 2.05) is 59.7 Å². The van der Waals surface area contributed by atoms with Gasteiger partial charge in [0.2, 0.25) is 35.4 Å². The molecule has 432 valence electrons. The Balaban J connectivity index is 0.00000820. The minimum atomic E-state index is -0.986. The molecule has 3 aromatic carbocycles. The fraction of sp³-hybridized carbons (Fsp3) is 0.525. The lowest BCUT2D eigenvalue weighted by molar-refractivity contribution is -0.144. The van der Waals surface area contributed by atoms with Gasteiger partial charge in [-0.3, -0.25) is 38.4 Å². The fourth-order valence-corrected chi connectivity index (χ4v) is 9.04. The van der Waals surface area contributed by atoms with Gasteiger partial charge in [0.1, 0.15) is 24.2 Å². The van der Waals surface area contributed by atoms with E-state index < -0.39 is 65.4 Å². The van der Waals surface area contributed by atoms with Crippen LogP contribution in [-0.2, 0) is 35.2 Å². The number of amides is 8. The molecule has 1 heterocycles. The number of nitrogens with zero attached hydrogens (tertiary/aromatic N) is 1. The molecule has 5 rings (SSSR count). The summed E-state index contributed by atoms with van der Waals surface area (Å²) in [5, 5.41) is 26.3. The Hall–Kier alpha value is -6.52. The second-order valence-corrected chi connectivity index (χ2v) is 22.2. The van der Waals surface area contributed by atoms with Gasteiger partial charge >= 0.3 is 0 Å². The van der Waals surface area contributed by atoms with Crippen molar-refractivity contribution in [1.82, 2.24) is 52.8 Å². The van der Waals surface area contributed by atoms with E-state index in [9.17, 15) is 38.4 Å². The van der Waals surface area contributed by atoms with Gasteiger partial charge in [0.05, 0.1) is 18.1 Å². The fourth-order valence-electron chi connectivity index (χ4n) is 9.04. The number of carbonyl (C=O) groups excluding carboxylic acids is 8. The quantitative estimate of drug-likeness (QED) is 0.0678. The molecule has 9 N–H and O–H groups in total. The van der Waals surface area contributed by atoms with E-state index in [1.165, 1.54) is 10.5 Å². The number of nitrogens with one attached hydrogen (secondary N) is 9. The summed E-state index contributed by atoms with van der Waals surface area (Å²) in [5.41, 5.74) is 3.53. The van der Waals surface area contributed by atoms with Gasteiger partial charge in [-0.15, -0.1) is 24.8 Å². The number of hydrogen-bond acceptors (Lipinski definition) is 10. The van der Waals surface area contributed by atoms with Crippen LogP contribution in [-0.4, -0.2) is 128 Å². The van der Waals surface area contributed by atoms with Crippen LogP contribution in [0.5, 0.6) is 0 Å². The Morgan fingerprint density at radius 3 is 1.75 bits per heavy atom. The van der Waals surface area contributed by atoms with Gasteiger partial charge in [0.25, 0.3) is 11.8 Å². The number of aryl methyl sites for hydroxylation is 1. The summed E-state index contributed by atoms with van der Waals surface area (Å²) in [4.78, 5) is 110. The van der Waals surface area contributed by atoms with Crippen molar-refractivity contribution in [1.29, 1.82) is 0 Å². The third kappa shape index (κ3) is 18.8. The number of rotatable bonds is 21. The number of fused-ring (bicyclic) bond motifs is 1. The number of likely N-dealkylation sites (tertiary alicyclic amines) is 1. The highest BCUT2D eigenvalue weighted by atomic mass is 35.5. The zero-order chi connectivity index (χ0) is 56.7. The van der Waals surface area contributed by atoms with Crippen LogP contribution in [0.1, 0.15) is 144 Å². The SMILES string of the molecule is CN[C@@H](C)C(=O)N[C@H](C(=O)N[C@@H](CCNC(=O)c1ccc(C#Cc2ccc(C(=O)N[C@H]3C[C@@H](C(=O)N[C@@H]4CCCc5ccccc54)N(C(=O)[C@@H](NC(=O)[C@H](C)NC)C(C)(C)C)C3)cc2)cc1)C(=O)NC(C)C(C)C)C(C)C.Cl.Cl. The summed E-state index contributed by atoms with van der Waals surface area (Å²) in [5.74, 6) is 2.96. The van der Waals surface area contributed by atoms with Crippen molar-refractivity contribution in [2.75, 3.05) is 27.2 Å². The molecule has 20 heteroatoms. The zero-order valence-corrected chi connectivity index (χ0v) is 49.4. The molecule has 1 aliphatic carbocycles. The van der Waals surface area contributed by atoms with Crippen molar-refractivity contribution < 1.29 is 38.4 Å². The number of carbonyl (C=O) groups is 8. The molecule has 1 saturated heterocycles. The summed E-state index contributed by atoms with van der Waals surface area (Å²) < 4.78 is 0. The molecule has 0 saturated carbocycles. The van der Waals surface area contributed by atoms with Crippen LogP contribution >= 0.6 is 24.8 Å².